The molecule has 3 rings (SSSR count). The predicted octanol–water partition coefficient (Wildman–Crippen LogP) is 2.88. The SMILES string of the molecule is O=C(COc1ccc(Br)cc1Br)NN1C(=O)NC2(CCCCC2)C1=O. The van der Waals surface area contributed by atoms with Gasteiger partial charge >= 0.3 is 6.03 Å². The second-order valence-corrected chi connectivity index (χ2v) is 7.88. The first-order chi connectivity index (χ1) is 11.9. The van der Waals surface area contributed by atoms with Gasteiger partial charge in [-0.05, 0) is 47.0 Å². The minimum Gasteiger partial charge on any atom is -0.483 e. The quantitative estimate of drug-likeness (QED) is 0.657. The Kier molecular flexibility index (Phi) is 5.33. The topological polar surface area (TPSA) is 87.7 Å². The van der Waals surface area contributed by atoms with Gasteiger partial charge in [0.2, 0.25) is 0 Å². The van der Waals surface area contributed by atoms with Crippen LogP contribution in [0.15, 0.2) is 27.1 Å². The number of carbonyl (C=O) groups excluding carboxylic acids is 3. The first-order valence-corrected chi connectivity index (χ1v) is 9.54. The fourth-order valence-corrected chi connectivity index (χ4v) is 4.27. The summed E-state index contributed by atoms with van der Waals surface area (Å²) >= 11 is 6.67. The summed E-state index contributed by atoms with van der Waals surface area (Å²) in [6.45, 7) is -0.315. The van der Waals surface area contributed by atoms with Gasteiger partial charge in [-0.1, -0.05) is 35.2 Å². The first kappa shape index (κ1) is 18.2. The zero-order valence-corrected chi connectivity index (χ0v) is 16.5. The Hall–Kier alpha value is -1.61. The van der Waals surface area contributed by atoms with Crippen molar-refractivity contribution in [1.82, 2.24) is 15.8 Å². The van der Waals surface area contributed by atoms with Crippen LogP contribution in [0.5, 0.6) is 5.75 Å². The Labute approximate surface area is 161 Å². The smallest absolute Gasteiger partial charge is 0.344 e. The summed E-state index contributed by atoms with van der Waals surface area (Å²) in [5.41, 5.74) is 1.47. The molecule has 1 aromatic rings. The number of hydrogen-bond acceptors (Lipinski definition) is 4. The van der Waals surface area contributed by atoms with Crippen LogP contribution in [0.3, 0.4) is 0 Å². The molecule has 1 aliphatic heterocycles. The average Bonchev–Trinajstić information content (AvgIpc) is 2.79. The van der Waals surface area contributed by atoms with Crippen LogP contribution < -0.4 is 15.5 Å². The standard InChI is InChI=1S/C16H17Br2N3O4/c17-10-4-5-12(11(18)8-10)25-9-13(22)20-21-14(23)16(19-15(21)24)6-2-1-3-7-16/h4-5,8H,1-3,6-7,9H2,(H,19,24)(H,20,22). The van der Waals surface area contributed by atoms with Crippen LogP contribution in [0, 0.1) is 0 Å². The van der Waals surface area contributed by atoms with Crippen molar-refractivity contribution in [3.05, 3.63) is 27.1 Å². The average molecular weight is 475 g/mol. The largest absolute Gasteiger partial charge is 0.483 e. The summed E-state index contributed by atoms with van der Waals surface area (Å²) in [6.07, 6.45) is 4.02. The van der Waals surface area contributed by atoms with Crippen molar-refractivity contribution in [2.45, 2.75) is 37.6 Å². The minimum absolute atomic E-state index is 0.315. The van der Waals surface area contributed by atoms with Crippen molar-refractivity contribution in [2.75, 3.05) is 6.61 Å². The van der Waals surface area contributed by atoms with Crippen molar-refractivity contribution >= 4 is 49.7 Å². The van der Waals surface area contributed by atoms with Crippen molar-refractivity contribution in [2.24, 2.45) is 0 Å². The van der Waals surface area contributed by atoms with E-state index in [1.807, 2.05) is 0 Å². The monoisotopic (exact) mass is 473 g/mol. The highest BCUT2D eigenvalue weighted by Crippen LogP contribution is 2.33. The summed E-state index contributed by atoms with van der Waals surface area (Å²) in [4.78, 5) is 36.7. The maximum Gasteiger partial charge on any atom is 0.344 e. The molecule has 1 saturated heterocycles. The summed E-state index contributed by atoms with van der Waals surface area (Å²) in [5.74, 6) is -0.485. The van der Waals surface area contributed by atoms with Gasteiger partial charge in [-0.2, -0.15) is 5.01 Å². The van der Waals surface area contributed by atoms with Crippen LogP contribution >= 0.6 is 31.9 Å². The molecule has 7 nitrogen and oxygen atoms in total. The van der Waals surface area contributed by atoms with E-state index >= 15 is 0 Å². The molecule has 4 amide bonds. The van der Waals surface area contributed by atoms with Crippen molar-refractivity contribution in [1.29, 1.82) is 0 Å². The Morgan fingerprint density at radius 3 is 2.64 bits per heavy atom. The van der Waals surface area contributed by atoms with Crippen molar-refractivity contribution in [3.63, 3.8) is 0 Å². The molecule has 1 heterocycles. The molecule has 1 saturated carbocycles. The van der Waals surface area contributed by atoms with Gasteiger partial charge in [0.1, 0.15) is 11.3 Å². The zero-order chi connectivity index (χ0) is 18.0. The summed E-state index contributed by atoms with van der Waals surface area (Å²) in [7, 11) is 0. The van der Waals surface area contributed by atoms with E-state index in [-0.39, 0.29) is 6.61 Å². The number of halogens is 2. The highest BCUT2D eigenvalue weighted by Gasteiger charge is 2.52. The van der Waals surface area contributed by atoms with E-state index in [1.54, 1.807) is 18.2 Å². The maximum absolute atomic E-state index is 12.6. The molecule has 25 heavy (non-hydrogen) atoms. The number of ether oxygens (including phenoxy) is 1. The van der Waals surface area contributed by atoms with E-state index < -0.39 is 23.4 Å². The molecular formula is C16H17Br2N3O4. The Balaban J connectivity index is 1.59. The van der Waals surface area contributed by atoms with E-state index in [0.717, 1.165) is 28.7 Å². The molecule has 1 aliphatic carbocycles. The third kappa shape index (κ3) is 3.82. The highest BCUT2D eigenvalue weighted by atomic mass is 79.9. The van der Waals surface area contributed by atoms with E-state index in [1.165, 1.54) is 0 Å². The van der Waals surface area contributed by atoms with Crippen molar-refractivity contribution < 1.29 is 19.1 Å². The second-order valence-electron chi connectivity index (χ2n) is 6.11. The van der Waals surface area contributed by atoms with Crippen LogP contribution in [0.2, 0.25) is 0 Å². The molecular weight excluding hydrogens is 458 g/mol. The van der Waals surface area contributed by atoms with Gasteiger partial charge < -0.3 is 10.1 Å². The van der Waals surface area contributed by atoms with Crippen molar-refractivity contribution in [3.8, 4) is 5.75 Å². The molecule has 9 heteroatoms. The van der Waals surface area contributed by atoms with Gasteiger partial charge in [0.25, 0.3) is 11.8 Å². The molecule has 0 atom stereocenters. The first-order valence-electron chi connectivity index (χ1n) is 7.95. The van der Waals surface area contributed by atoms with E-state index in [0.29, 0.717) is 23.1 Å². The van der Waals surface area contributed by atoms with Crippen LogP contribution in [0.1, 0.15) is 32.1 Å². The third-order valence-electron chi connectivity index (χ3n) is 4.36. The molecule has 0 aromatic heterocycles. The Morgan fingerprint density at radius 1 is 1.24 bits per heavy atom. The van der Waals surface area contributed by atoms with E-state index in [2.05, 4.69) is 42.6 Å². The fraction of sp³-hybridized carbons (Fsp3) is 0.438. The molecule has 1 spiro atoms. The Bertz CT molecular complexity index is 719. The lowest BCUT2D eigenvalue weighted by atomic mass is 9.82. The van der Waals surface area contributed by atoms with Gasteiger partial charge in [0, 0.05) is 4.47 Å². The number of rotatable bonds is 4. The lowest BCUT2D eigenvalue weighted by molar-refractivity contribution is -0.140. The summed E-state index contributed by atoms with van der Waals surface area (Å²) in [6, 6.07) is 4.68. The lowest BCUT2D eigenvalue weighted by Crippen LogP contribution is -2.51. The van der Waals surface area contributed by atoms with Crippen LogP contribution in [0.4, 0.5) is 4.79 Å². The molecule has 2 fully saturated rings. The number of amides is 4. The van der Waals surface area contributed by atoms with Gasteiger partial charge in [0.15, 0.2) is 6.61 Å². The van der Waals surface area contributed by atoms with Gasteiger partial charge in [-0.25, -0.2) is 4.79 Å². The van der Waals surface area contributed by atoms with E-state index in [4.69, 9.17) is 4.74 Å². The zero-order valence-electron chi connectivity index (χ0n) is 13.3. The fourth-order valence-electron chi connectivity index (χ4n) is 3.11. The molecule has 0 unspecified atom stereocenters. The molecule has 0 bridgehead atoms. The number of nitrogens with zero attached hydrogens (tertiary/aromatic N) is 1. The van der Waals surface area contributed by atoms with Crippen LogP contribution in [-0.4, -0.2) is 35.0 Å². The molecule has 1 aromatic carbocycles. The van der Waals surface area contributed by atoms with Crippen LogP contribution in [-0.2, 0) is 9.59 Å². The number of imide groups is 1. The van der Waals surface area contributed by atoms with Crippen LogP contribution in [0.25, 0.3) is 0 Å². The number of urea groups is 1. The minimum atomic E-state index is -0.863. The normalized spacial score (nSPS) is 19.0. The highest BCUT2D eigenvalue weighted by molar-refractivity contribution is 9.11. The van der Waals surface area contributed by atoms with Gasteiger partial charge in [-0.15, -0.1) is 0 Å². The van der Waals surface area contributed by atoms with Gasteiger partial charge in [-0.3, -0.25) is 15.0 Å². The number of nitrogens with one attached hydrogen (secondary N) is 2. The molecule has 2 N–H and O–H groups in total. The number of carbonyl (C=O) groups is 3. The number of benzene rings is 1. The second kappa shape index (κ2) is 7.33. The Morgan fingerprint density at radius 2 is 1.96 bits per heavy atom. The number of hydrogen-bond donors (Lipinski definition) is 2. The summed E-state index contributed by atoms with van der Waals surface area (Å²) < 4.78 is 6.98. The molecule has 134 valence electrons. The third-order valence-corrected chi connectivity index (χ3v) is 5.47. The van der Waals surface area contributed by atoms with Gasteiger partial charge in [0.05, 0.1) is 4.47 Å². The number of hydrazine groups is 1. The molecule has 2 aliphatic rings. The maximum atomic E-state index is 12.6. The lowest BCUT2D eigenvalue weighted by Gasteiger charge is -2.30. The molecule has 0 radical (unpaired) electrons. The predicted molar refractivity (Wildman–Crippen MR) is 96.7 cm³/mol. The summed E-state index contributed by atoms with van der Waals surface area (Å²) in [5, 5.41) is 3.50. The van der Waals surface area contributed by atoms with E-state index in [9.17, 15) is 14.4 Å².